The van der Waals surface area contributed by atoms with E-state index < -0.39 is 17.6 Å². The third-order valence-electron chi connectivity index (χ3n) is 3.82. The molecule has 26 heavy (non-hydrogen) atoms. The fraction of sp³-hybridized carbons (Fsp3) is 0.105. The topological polar surface area (TPSA) is 63.7 Å². The van der Waals surface area contributed by atoms with Gasteiger partial charge in [-0.2, -0.15) is 0 Å². The van der Waals surface area contributed by atoms with E-state index in [4.69, 9.17) is 16.3 Å². The molecule has 1 aliphatic heterocycles. The summed E-state index contributed by atoms with van der Waals surface area (Å²) in [6.45, 7) is 3.16. The summed E-state index contributed by atoms with van der Waals surface area (Å²) in [5.74, 6) is -2.43. The standard InChI is InChI=1S/C19H13ClFNO4/c1-11-7-18(24)22(19(11)25)15-9-17(13(20)8-14(15)21)26-10-16(23)12-5-3-2-4-6-12/h2-6,8-9H,1,7,10H2. The number of Topliss-reactive ketones (excluding diaryl/α,β-unsaturated/α-hetero) is 1. The van der Waals surface area contributed by atoms with Crippen LogP contribution in [0.3, 0.4) is 0 Å². The number of halogens is 2. The Hall–Kier alpha value is -2.99. The van der Waals surface area contributed by atoms with Gasteiger partial charge in [0.25, 0.3) is 5.91 Å². The number of ketones is 1. The van der Waals surface area contributed by atoms with E-state index >= 15 is 0 Å². The monoisotopic (exact) mass is 373 g/mol. The third kappa shape index (κ3) is 3.36. The normalized spacial score (nSPS) is 14.1. The van der Waals surface area contributed by atoms with Crippen LogP contribution in [-0.2, 0) is 9.59 Å². The molecule has 0 unspecified atom stereocenters. The molecule has 0 aliphatic carbocycles. The van der Waals surface area contributed by atoms with Crippen molar-refractivity contribution in [1.82, 2.24) is 0 Å². The summed E-state index contributed by atoms with van der Waals surface area (Å²) in [7, 11) is 0. The zero-order valence-electron chi connectivity index (χ0n) is 13.5. The quantitative estimate of drug-likeness (QED) is 0.456. The van der Waals surface area contributed by atoms with Crippen LogP contribution >= 0.6 is 11.6 Å². The highest BCUT2D eigenvalue weighted by Gasteiger charge is 2.35. The number of amides is 2. The zero-order chi connectivity index (χ0) is 18.8. The first kappa shape index (κ1) is 17.8. The zero-order valence-corrected chi connectivity index (χ0v) is 14.3. The Morgan fingerprint density at radius 1 is 1.23 bits per heavy atom. The molecule has 1 heterocycles. The number of imide groups is 1. The molecule has 5 nitrogen and oxygen atoms in total. The van der Waals surface area contributed by atoms with E-state index in [9.17, 15) is 18.8 Å². The van der Waals surface area contributed by atoms with Crippen LogP contribution in [0.25, 0.3) is 0 Å². The number of benzene rings is 2. The Bertz CT molecular complexity index is 927. The molecule has 7 heteroatoms. The van der Waals surface area contributed by atoms with E-state index in [-0.39, 0.29) is 40.8 Å². The van der Waals surface area contributed by atoms with Crippen molar-refractivity contribution in [3.05, 3.63) is 71.0 Å². The molecule has 0 aromatic heterocycles. The number of hydrogen-bond acceptors (Lipinski definition) is 4. The predicted molar refractivity (Wildman–Crippen MR) is 93.9 cm³/mol. The largest absolute Gasteiger partial charge is 0.484 e. The van der Waals surface area contributed by atoms with Gasteiger partial charge >= 0.3 is 0 Å². The van der Waals surface area contributed by atoms with Gasteiger partial charge in [-0.3, -0.25) is 14.4 Å². The Balaban J connectivity index is 1.85. The summed E-state index contributed by atoms with van der Waals surface area (Å²) in [6, 6.07) is 10.5. The lowest BCUT2D eigenvalue weighted by Gasteiger charge is -2.17. The minimum atomic E-state index is -0.854. The van der Waals surface area contributed by atoms with Crippen molar-refractivity contribution in [3.8, 4) is 5.75 Å². The summed E-state index contributed by atoms with van der Waals surface area (Å²) in [5, 5.41) is -0.0787. The summed E-state index contributed by atoms with van der Waals surface area (Å²) < 4.78 is 19.6. The van der Waals surface area contributed by atoms with E-state index in [0.717, 1.165) is 12.1 Å². The van der Waals surface area contributed by atoms with Crippen LogP contribution in [0.4, 0.5) is 10.1 Å². The first-order valence-electron chi connectivity index (χ1n) is 7.63. The molecule has 1 saturated heterocycles. The number of rotatable bonds is 5. The van der Waals surface area contributed by atoms with Gasteiger partial charge in [-0.15, -0.1) is 0 Å². The fourth-order valence-corrected chi connectivity index (χ4v) is 2.71. The number of ether oxygens (including phenoxy) is 1. The number of carbonyl (C=O) groups excluding carboxylic acids is 3. The third-order valence-corrected chi connectivity index (χ3v) is 4.11. The smallest absolute Gasteiger partial charge is 0.261 e. The van der Waals surface area contributed by atoms with Crippen LogP contribution < -0.4 is 9.64 Å². The van der Waals surface area contributed by atoms with Gasteiger partial charge < -0.3 is 4.74 Å². The second-order valence-electron chi connectivity index (χ2n) is 5.63. The Labute approximate surface area is 153 Å². The second kappa shape index (κ2) is 7.09. The van der Waals surface area contributed by atoms with Crippen molar-refractivity contribution < 1.29 is 23.5 Å². The summed E-state index contributed by atoms with van der Waals surface area (Å²) in [6.07, 6.45) is -0.177. The van der Waals surface area contributed by atoms with Gasteiger partial charge in [0.15, 0.2) is 12.4 Å². The van der Waals surface area contributed by atoms with Crippen LogP contribution in [-0.4, -0.2) is 24.2 Å². The maximum Gasteiger partial charge on any atom is 0.261 e. The van der Waals surface area contributed by atoms with Crippen LogP contribution in [0, 0.1) is 5.82 Å². The first-order chi connectivity index (χ1) is 12.4. The van der Waals surface area contributed by atoms with E-state index in [0.29, 0.717) is 10.5 Å². The van der Waals surface area contributed by atoms with E-state index in [2.05, 4.69) is 6.58 Å². The van der Waals surface area contributed by atoms with Crippen LogP contribution in [0.15, 0.2) is 54.6 Å². The molecule has 0 spiro atoms. The Kier molecular flexibility index (Phi) is 4.86. The lowest BCUT2D eigenvalue weighted by molar-refractivity contribution is -0.120. The van der Waals surface area contributed by atoms with E-state index in [1.165, 1.54) is 0 Å². The first-order valence-corrected chi connectivity index (χ1v) is 8.01. The predicted octanol–water partition coefficient (Wildman–Crippen LogP) is 3.56. The van der Waals surface area contributed by atoms with Gasteiger partial charge in [0.2, 0.25) is 5.91 Å². The summed E-state index contributed by atoms with van der Waals surface area (Å²) in [4.78, 5) is 36.8. The minimum absolute atomic E-state index is 0.00883. The van der Waals surface area contributed by atoms with E-state index in [1.807, 2.05) is 0 Å². The highest BCUT2D eigenvalue weighted by atomic mass is 35.5. The lowest BCUT2D eigenvalue weighted by atomic mass is 10.1. The maximum absolute atomic E-state index is 14.2. The SMILES string of the molecule is C=C1CC(=O)N(c2cc(OCC(=O)c3ccccc3)c(Cl)cc2F)C1=O. The molecule has 2 amide bonds. The molecule has 0 atom stereocenters. The Morgan fingerprint density at radius 3 is 2.54 bits per heavy atom. The van der Waals surface area contributed by atoms with Gasteiger partial charge in [-0.05, 0) is 6.07 Å². The molecule has 132 valence electrons. The van der Waals surface area contributed by atoms with Gasteiger partial charge in [0.1, 0.15) is 11.6 Å². The van der Waals surface area contributed by atoms with Crippen molar-refractivity contribution >= 4 is 34.9 Å². The highest BCUT2D eigenvalue weighted by molar-refractivity contribution is 6.32. The average molecular weight is 374 g/mol. The van der Waals surface area contributed by atoms with Crippen molar-refractivity contribution in [3.63, 3.8) is 0 Å². The van der Waals surface area contributed by atoms with Gasteiger partial charge in [-0.25, -0.2) is 9.29 Å². The average Bonchev–Trinajstić information content (AvgIpc) is 2.87. The number of nitrogens with zero attached hydrogens (tertiary/aromatic N) is 1. The fourth-order valence-electron chi connectivity index (χ4n) is 2.50. The summed E-state index contributed by atoms with van der Waals surface area (Å²) >= 11 is 5.96. The van der Waals surface area contributed by atoms with Gasteiger partial charge in [0.05, 0.1) is 17.1 Å². The minimum Gasteiger partial charge on any atom is -0.484 e. The lowest BCUT2D eigenvalue weighted by Crippen LogP contribution is -2.29. The van der Waals surface area contributed by atoms with Crippen molar-refractivity contribution in [2.45, 2.75) is 6.42 Å². The number of carbonyl (C=O) groups is 3. The second-order valence-corrected chi connectivity index (χ2v) is 6.03. The number of hydrogen-bond donors (Lipinski definition) is 0. The van der Waals surface area contributed by atoms with Crippen molar-refractivity contribution in [1.29, 1.82) is 0 Å². The van der Waals surface area contributed by atoms with Crippen LogP contribution in [0.2, 0.25) is 5.02 Å². The molecule has 0 radical (unpaired) electrons. The molecule has 0 N–H and O–H groups in total. The number of anilines is 1. The molecule has 2 aromatic carbocycles. The molecule has 2 aromatic rings. The molecular weight excluding hydrogens is 361 g/mol. The van der Waals surface area contributed by atoms with Crippen LogP contribution in [0.5, 0.6) is 5.75 Å². The molecule has 1 aliphatic rings. The van der Waals surface area contributed by atoms with Crippen LogP contribution in [0.1, 0.15) is 16.8 Å². The summed E-state index contributed by atoms with van der Waals surface area (Å²) in [5.41, 5.74) is 0.239. The molecule has 1 fully saturated rings. The molecular formula is C19H13ClFNO4. The van der Waals surface area contributed by atoms with Crippen molar-refractivity contribution in [2.75, 3.05) is 11.5 Å². The molecule has 3 rings (SSSR count). The Morgan fingerprint density at radius 2 is 1.92 bits per heavy atom. The van der Waals surface area contributed by atoms with Crippen molar-refractivity contribution in [2.24, 2.45) is 0 Å². The van der Waals surface area contributed by atoms with Gasteiger partial charge in [-0.1, -0.05) is 48.5 Å². The highest BCUT2D eigenvalue weighted by Crippen LogP contribution is 2.35. The maximum atomic E-state index is 14.2. The molecule has 0 saturated carbocycles. The van der Waals surface area contributed by atoms with E-state index in [1.54, 1.807) is 30.3 Å². The van der Waals surface area contributed by atoms with Gasteiger partial charge in [0, 0.05) is 17.2 Å². The molecule has 0 bridgehead atoms.